The third-order valence-electron chi connectivity index (χ3n) is 4.10. The van der Waals surface area contributed by atoms with E-state index in [1.807, 2.05) is 54.8 Å². The molecule has 0 fully saturated rings. The number of hydrogen-bond donors (Lipinski definition) is 3. The first-order chi connectivity index (χ1) is 13.3. The molecule has 2 aromatic rings. The Labute approximate surface area is 171 Å². The highest BCUT2D eigenvalue weighted by atomic mass is 32.2. The van der Waals surface area contributed by atoms with Gasteiger partial charge in [-0.25, -0.2) is 13.4 Å². The van der Waals surface area contributed by atoms with Crippen LogP contribution >= 0.6 is 11.3 Å². The number of benzene rings is 1. The van der Waals surface area contributed by atoms with Gasteiger partial charge in [-0.2, -0.15) is 0 Å². The Morgan fingerprint density at radius 3 is 2.57 bits per heavy atom. The van der Waals surface area contributed by atoms with Crippen molar-refractivity contribution in [1.82, 2.24) is 10.6 Å². The molecule has 0 aliphatic heterocycles. The summed E-state index contributed by atoms with van der Waals surface area (Å²) in [5.74, 6) is 0.743. The second kappa shape index (κ2) is 10.6. The van der Waals surface area contributed by atoms with Crippen LogP contribution in [0.15, 0.2) is 52.8 Å². The fourth-order valence-corrected chi connectivity index (χ4v) is 4.85. The molecule has 28 heavy (non-hydrogen) atoms. The van der Waals surface area contributed by atoms with Gasteiger partial charge in [0.05, 0.1) is 18.1 Å². The molecule has 0 spiro atoms. The van der Waals surface area contributed by atoms with Crippen molar-refractivity contribution in [2.45, 2.75) is 31.6 Å². The van der Waals surface area contributed by atoms with E-state index in [2.05, 4.69) is 15.6 Å². The Hall–Kier alpha value is -1.90. The van der Waals surface area contributed by atoms with Crippen LogP contribution in [0, 0.1) is 0 Å². The highest BCUT2D eigenvalue weighted by Crippen LogP contribution is 2.25. The number of sulfone groups is 1. The van der Waals surface area contributed by atoms with Crippen LogP contribution in [0.1, 0.15) is 30.7 Å². The van der Waals surface area contributed by atoms with E-state index in [1.54, 1.807) is 6.92 Å². The molecular weight excluding hydrogens is 394 g/mol. The van der Waals surface area contributed by atoms with Crippen LogP contribution in [0.4, 0.5) is 0 Å². The Bertz CT molecular complexity index is 833. The van der Waals surface area contributed by atoms with Gasteiger partial charge in [0, 0.05) is 18.0 Å². The monoisotopic (exact) mass is 423 g/mol. The maximum absolute atomic E-state index is 12.3. The molecule has 1 heterocycles. The molecule has 2 rings (SSSR count). The lowest BCUT2D eigenvalue weighted by molar-refractivity contribution is 0.0711. The minimum atomic E-state index is -3.15. The van der Waals surface area contributed by atoms with Crippen molar-refractivity contribution < 1.29 is 13.5 Å². The van der Waals surface area contributed by atoms with Crippen LogP contribution in [-0.4, -0.2) is 44.9 Å². The van der Waals surface area contributed by atoms with Crippen LogP contribution < -0.4 is 10.6 Å². The van der Waals surface area contributed by atoms with Gasteiger partial charge in [0.15, 0.2) is 15.8 Å². The quantitative estimate of drug-likeness (QED) is 0.310. The van der Waals surface area contributed by atoms with Gasteiger partial charge in [-0.3, -0.25) is 0 Å². The summed E-state index contributed by atoms with van der Waals surface area (Å²) in [4.78, 5) is 5.30. The second-order valence-electron chi connectivity index (χ2n) is 6.80. The van der Waals surface area contributed by atoms with Gasteiger partial charge in [0.1, 0.15) is 5.60 Å². The number of hydrogen-bond acceptors (Lipinski definition) is 5. The molecule has 1 aromatic heterocycles. The summed E-state index contributed by atoms with van der Waals surface area (Å²) < 4.78 is 24.5. The number of rotatable bonds is 10. The zero-order chi connectivity index (χ0) is 20.5. The molecule has 0 aliphatic rings. The Kier molecular flexibility index (Phi) is 8.47. The molecule has 1 unspecified atom stereocenters. The van der Waals surface area contributed by atoms with E-state index in [4.69, 9.17) is 0 Å². The number of nitrogens with zero attached hydrogens (tertiary/aromatic N) is 1. The Balaban J connectivity index is 1.82. The van der Waals surface area contributed by atoms with Crippen LogP contribution in [0.5, 0.6) is 0 Å². The summed E-state index contributed by atoms with van der Waals surface area (Å²) in [6, 6.07) is 13.0. The van der Waals surface area contributed by atoms with Gasteiger partial charge in [-0.15, -0.1) is 11.3 Å². The van der Waals surface area contributed by atoms with Crippen molar-refractivity contribution in [2.24, 2.45) is 4.99 Å². The molecule has 1 atom stereocenters. The van der Waals surface area contributed by atoms with Crippen molar-refractivity contribution in [3.8, 4) is 0 Å². The lowest BCUT2D eigenvalue weighted by atomic mass is 10.1. The molecule has 0 saturated carbocycles. The first-order valence-corrected chi connectivity index (χ1v) is 12.1. The van der Waals surface area contributed by atoms with Crippen LogP contribution in [0.3, 0.4) is 0 Å². The van der Waals surface area contributed by atoms with E-state index >= 15 is 0 Å². The largest absolute Gasteiger partial charge is 0.383 e. The van der Waals surface area contributed by atoms with E-state index in [0.29, 0.717) is 25.5 Å². The van der Waals surface area contributed by atoms with Crippen LogP contribution in [-0.2, 0) is 21.2 Å². The van der Waals surface area contributed by atoms with Crippen molar-refractivity contribution in [1.29, 1.82) is 0 Å². The van der Waals surface area contributed by atoms with Crippen molar-refractivity contribution >= 4 is 27.1 Å². The lowest BCUT2D eigenvalue weighted by Gasteiger charge is -2.20. The average molecular weight is 424 g/mol. The first-order valence-electron chi connectivity index (χ1n) is 9.35. The van der Waals surface area contributed by atoms with E-state index in [-0.39, 0.29) is 18.1 Å². The fraction of sp³-hybridized carbons (Fsp3) is 0.450. The van der Waals surface area contributed by atoms with E-state index in [0.717, 1.165) is 10.4 Å². The predicted octanol–water partition coefficient (Wildman–Crippen LogP) is 2.52. The molecule has 0 bridgehead atoms. The third kappa shape index (κ3) is 7.61. The zero-order valence-corrected chi connectivity index (χ0v) is 18.0. The van der Waals surface area contributed by atoms with E-state index in [1.165, 1.54) is 11.3 Å². The SMILES string of the molecule is CCNC(=NCC(C)(O)c1cccs1)NCCCS(=O)(=O)Cc1ccccc1. The van der Waals surface area contributed by atoms with Crippen molar-refractivity contribution in [3.63, 3.8) is 0 Å². The summed E-state index contributed by atoms with van der Waals surface area (Å²) in [7, 11) is -3.15. The summed E-state index contributed by atoms with van der Waals surface area (Å²) in [6.07, 6.45) is 0.487. The number of guanidine groups is 1. The minimum Gasteiger partial charge on any atom is -0.383 e. The summed E-state index contributed by atoms with van der Waals surface area (Å²) in [6.45, 7) is 5.08. The van der Waals surface area contributed by atoms with Gasteiger partial charge in [-0.05, 0) is 37.3 Å². The maximum atomic E-state index is 12.3. The molecule has 6 nitrogen and oxygen atoms in total. The number of aliphatic imine (C=N–C) groups is 1. The van der Waals surface area contributed by atoms with Gasteiger partial charge >= 0.3 is 0 Å². The standard InChI is InChI=1S/C20H29N3O3S2/c1-3-21-19(23-16-20(2,24)18-11-7-13-27-18)22-12-8-14-28(25,26)15-17-9-5-4-6-10-17/h4-7,9-11,13,24H,3,8,12,14-16H2,1-2H3,(H2,21,22,23). The van der Waals surface area contributed by atoms with Crippen LogP contribution in [0.2, 0.25) is 0 Å². The molecule has 0 amide bonds. The minimum absolute atomic E-state index is 0.0612. The van der Waals surface area contributed by atoms with Crippen molar-refractivity contribution in [3.05, 3.63) is 58.3 Å². The molecular formula is C20H29N3O3S2. The van der Waals surface area contributed by atoms with Gasteiger partial charge in [0.2, 0.25) is 0 Å². The number of aliphatic hydroxyl groups is 1. The van der Waals surface area contributed by atoms with E-state index in [9.17, 15) is 13.5 Å². The summed E-state index contributed by atoms with van der Waals surface area (Å²) >= 11 is 1.49. The third-order valence-corrected chi connectivity index (χ3v) is 6.90. The van der Waals surface area contributed by atoms with Gasteiger partial charge in [0.25, 0.3) is 0 Å². The molecule has 0 radical (unpaired) electrons. The van der Waals surface area contributed by atoms with Gasteiger partial charge in [-0.1, -0.05) is 36.4 Å². The molecule has 0 saturated heterocycles. The predicted molar refractivity (Wildman–Crippen MR) is 116 cm³/mol. The van der Waals surface area contributed by atoms with Crippen molar-refractivity contribution in [2.75, 3.05) is 25.4 Å². The molecule has 154 valence electrons. The Morgan fingerprint density at radius 1 is 1.18 bits per heavy atom. The normalized spacial score (nSPS) is 14.5. The molecule has 1 aromatic carbocycles. The summed E-state index contributed by atoms with van der Waals surface area (Å²) in [5.41, 5.74) is -0.226. The molecule has 0 aliphatic carbocycles. The van der Waals surface area contributed by atoms with Gasteiger partial charge < -0.3 is 15.7 Å². The number of thiophene rings is 1. The highest BCUT2D eigenvalue weighted by molar-refractivity contribution is 7.90. The average Bonchev–Trinajstić information content (AvgIpc) is 3.19. The fourth-order valence-electron chi connectivity index (χ4n) is 2.64. The highest BCUT2D eigenvalue weighted by Gasteiger charge is 2.24. The smallest absolute Gasteiger partial charge is 0.191 e. The molecule has 3 N–H and O–H groups in total. The zero-order valence-electron chi connectivity index (χ0n) is 16.4. The first kappa shape index (κ1) is 22.4. The van der Waals surface area contributed by atoms with E-state index < -0.39 is 15.4 Å². The topological polar surface area (TPSA) is 90.8 Å². The second-order valence-corrected chi connectivity index (χ2v) is 9.94. The maximum Gasteiger partial charge on any atom is 0.191 e. The molecule has 8 heteroatoms. The number of nitrogens with one attached hydrogen (secondary N) is 2. The lowest BCUT2D eigenvalue weighted by Crippen LogP contribution is -2.39. The summed E-state index contributed by atoms with van der Waals surface area (Å²) in [5, 5.41) is 18.8. The van der Waals surface area contributed by atoms with Crippen LogP contribution in [0.25, 0.3) is 0 Å². The Morgan fingerprint density at radius 2 is 1.93 bits per heavy atom.